The number of carbonyl (C=O) groups is 1. The van der Waals surface area contributed by atoms with E-state index in [4.69, 9.17) is 5.11 Å². The average Bonchev–Trinajstić information content (AvgIpc) is 3.00. The molecule has 2 aromatic heterocycles. The summed E-state index contributed by atoms with van der Waals surface area (Å²) in [5, 5.41) is 10.4. The van der Waals surface area contributed by atoms with Crippen molar-refractivity contribution in [2.75, 3.05) is 0 Å². The molecule has 1 N–H and O–H groups in total. The standard InChI is InChI=1S/C20H19N2O.C5H8O2.Ir/c1-19(2)14-8-10-20(19,3)16-15(14)18(23)21-17-13-7-5-4-6-12(13)9-11-22(16)17;1-4(6)3-5(2)7;/h4-6,9,11,14H,8,10H2,1-3H3;3,6H,1-2H3;/q-1;;. The number of aliphatic hydroxyl groups excluding tert-OH is 1. The number of fused-ring (bicyclic) bond motifs is 9. The molecule has 1 fully saturated rings. The van der Waals surface area contributed by atoms with Crippen molar-refractivity contribution in [2.24, 2.45) is 5.41 Å². The fourth-order valence-corrected chi connectivity index (χ4v) is 5.41. The smallest absolute Gasteiger partial charge is 0.267 e. The van der Waals surface area contributed by atoms with Gasteiger partial charge in [0.1, 0.15) is 0 Å². The normalized spacial score (nSPS) is 23.1. The molecule has 2 atom stereocenters. The molecule has 0 saturated heterocycles. The topological polar surface area (TPSA) is 71.7 Å². The van der Waals surface area contributed by atoms with E-state index in [1.807, 2.05) is 18.2 Å². The number of pyridine rings is 1. The molecule has 2 bridgehead atoms. The zero-order valence-corrected chi connectivity index (χ0v) is 20.8. The Hall–Kier alpha value is -2.30. The van der Waals surface area contributed by atoms with Gasteiger partial charge in [-0.05, 0) is 44.2 Å². The molecule has 165 valence electrons. The van der Waals surface area contributed by atoms with Gasteiger partial charge in [-0.25, -0.2) is 4.98 Å². The van der Waals surface area contributed by atoms with Crippen molar-refractivity contribution in [3.63, 3.8) is 0 Å². The zero-order valence-electron chi connectivity index (χ0n) is 18.4. The van der Waals surface area contributed by atoms with E-state index in [0.29, 0.717) is 5.92 Å². The second-order valence-corrected chi connectivity index (χ2v) is 9.23. The summed E-state index contributed by atoms with van der Waals surface area (Å²) in [5.41, 5.74) is 2.99. The first-order valence-electron chi connectivity index (χ1n) is 10.3. The Labute approximate surface area is 195 Å². The van der Waals surface area contributed by atoms with Crippen molar-refractivity contribution in [1.29, 1.82) is 0 Å². The van der Waals surface area contributed by atoms with E-state index >= 15 is 0 Å². The summed E-state index contributed by atoms with van der Waals surface area (Å²) in [6.07, 6.45) is 5.48. The predicted octanol–water partition coefficient (Wildman–Crippen LogP) is 4.86. The van der Waals surface area contributed by atoms with Gasteiger partial charge < -0.3 is 9.51 Å². The van der Waals surface area contributed by atoms with Gasteiger partial charge in [0.25, 0.3) is 5.56 Å². The minimum Gasteiger partial charge on any atom is -0.512 e. The van der Waals surface area contributed by atoms with Crippen LogP contribution in [-0.2, 0) is 30.3 Å². The first-order chi connectivity index (χ1) is 14.1. The number of aliphatic hydroxyl groups is 1. The number of allylic oxidation sites excluding steroid dienone is 2. The number of rotatable bonds is 1. The Kier molecular flexibility index (Phi) is 6.03. The third-order valence-corrected chi connectivity index (χ3v) is 7.19. The van der Waals surface area contributed by atoms with Gasteiger partial charge in [0.05, 0.1) is 11.4 Å². The van der Waals surface area contributed by atoms with Gasteiger partial charge in [0, 0.05) is 42.9 Å². The van der Waals surface area contributed by atoms with Crippen LogP contribution in [0.1, 0.15) is 64.6 Å². The van der Waals surface area contributed by atoms with Crippen LogP contribution in [0.3, 0.4) is 0 Å². The molecule has 3 aromatic rings. The summed E-state index contributed by atoms with van der Waals surface area (Å²) >= 11 is 0. The fraction of sp³-hybridized carbons (Fsp3) is 0.400. The minimum atomic E-state index is -0.125. The van der Waals surface area contributed by atoms with E-state index < -0.39 is 0 Å². The van der Waals surface area contributed by atoms with Crippen molar-refractivity contribution in [3.05, 3.63) is 70.0 Å². The van der Waals surface area contributed by atoms with Crippen LogP contribution in [0.25, 0.3) is 16.4 Å². The summed E-state index contributed by atoms with van der Waals surface area (Å²) in [4.78, 5) is 27.3. The first kappa shape index (κ1) is 23.4. The SMILES string of the molecule is CC(=O)C=C(C)O.CC12CCC(c3c1n1ccc4ccc[c-]c4c1nc3=O)C2(C)C.[Ir]. The molecule has 1 saturated carbocycles. The van der Waals surface area contributed by atoms with E-state index in [1.54, 1.807) is 0 Å². The molecule has 6 heteroatoms. The van der Waals surface area contributed by atoms with Crippen molar-refractivity contribution in [2.45, 2.75) is 58.8 Å². The molecule has 2 unspecified atom stereocenters. The van der Waals surface area contributed by atoms with Gasteiger partial charge in [0.2, 0.25) is 0 Å². The van der Waals surface area contributed by atoms with Crippen molar-refractivity contribution >= 4 is 22.2 Å². The second kappa shape index (κ2) is 7.99. The van der Waals surface area contributed by atoms with Gasteiger partial charge >= 0.3 is 0 Å². The monoisotopic (exact) mass is 596 g/mol. The number of carbonyl (C=O) groups excluding carboxylic acids is 1. The molecular weight excluding hydrogens is 569 g/mol. The third kappa shape index (κ3) is 3.46. The van der Waals surface area contributed by atoms with Crippen molar-refractivity contribution in [1.82, 2.24) is 9.38 Å². The fourth-order valence-electron chi connectivity index (χ4n) is 5.41. The maximum Gasteiger partial charge on any atom is 0.267 e. The maximum absolute atomic E-state index is 12.9. The van der Waals surface area contributed by atoms with Crippen LogP contribution in [0, 0.1) is 11.5 Å². The van der Waals surface area contributed by atoms with Gasteiger partial charge in [0.15, 0.2) is 5.78 Å². The van der Waals surface area contributed by atoms with Crippen LogP contribution in [-0.4, -0.2) is 20.3 Å². The largest absolute Gasteiger partial charge is 0.512 e. The van der Waals surface area contributed by atoms with Crippen LogP contribution in [0.15, 0.2) is 47.1 Å². The summed E-state index contributed by atoms with van der Waals surface area (Å²) < 4.78 is 2.16. The molecule has 0 aliphatic heterocycles. The zero-order chi connectivity index (χ0) is 21.8. The van der Waals surface area contributed by atoms with Crippen LogP contribution in [0.4, 0.5) is 0 Å². The summed E-state index contributed by atoms with van der Waals surface area (Å²) in [7, 11) is 0. The van der Waals surface area contributed by atoms with Crippen LogP contribution >= 0.6 is 0 Å². The molecule has 2 heterocycles. The molecule has 0 amide bonds. The number of hydrogen-bond donors (Lipinski definition) is 1. The number of ketones is 1. The van der Waals surface area contributed by atoms with E-state index in [2.05, 4.69) is 48.5 Å². The van der Waals surface area contributed by atoms with Crippen LogP contribution < -0.4 is 5.56 Å². The molecule has 0 spiro atoms. The van der Waals surface area contributed by atoms with Gasteiger partial charge in [-0.2, -0.15) is 0 Å². The van der Waals surface area contributed by atoms with Crippen LogP contribution in [0.2, 0.25) is 0 Å². The Balaban J connectivity index is 0.000000299. The second-order valence-electron chi connectivity index (χ2n) is 9.23. The third-order valence-electron chi connectivity index (χ3n) is 7.19. The number of aromatic nitrogens is 2. The van der Waals surface area contributed by atoms with Gasteiger partial charge in [-0.3, -0.25) is 9.59 Å². The van der Waals surface area contributed by atoms with E-state index in [9.17, 15) is 9.59 Å². The Morgan fingerprint density at radius 1 is 1.29 bits per heavy atom. The van der Waals surface area contributed by atoms with E-state index in [-0.39, 0.29) is 48.0 Å². The summed E-state index contributed by atoms with van der Waals surface area (Å²) in [6.45, 7) is 9.79. The van der Waals surface area contributed by atoms with Crippen molar-refractivity contribution in [3.8, 4) is 0 Å². The predicted molar refractivity (Wildman–Crippen MR) is 118 cm³/mol. The van der Waals surface area contributed by atoms with Crippen molar-refractivity contribution < 1.29 is 30.0 Å². The van der Waals surface area contributed by atoms with Gasteiger partial charge in [-0.1, -0.05) is 26.8 Å². The number of benzene rings is 1. The molecular formula is C25H27IrN2O3-. The molecule has 1 aromatic carbocycles. The quantitative estimate of drug-likeness (QED) is 0.189. The minimum absolute atomic E-state index is 0. The first-order valence-corrected chi connectivity index (χ1v) is 10.3. The Morgan fingerprint density at radius 3 is 2.61 bits per heavy atom. The molecule has 5 rings (SSSR count). The number of nitrogens with zero attached hydrogens (tertiary/aromatic N) is 2. The molecule has 1 radical (unpaired) electrons. The molecule has 31 heavy (non-hydrogen) atoms. The summed E-state index contributed by atoms with van der Waals surface area (Å²) in [6, 6.07) is 11.3. The number of hydrogen-bond acceptors (Lipinski definition) is 4. The van der Waals surface area contributed by atoms with E-state index in [0.717, 1.165) is 34.8 Å². The molecule has 2 aliphatic rings. The molecule has 2 aliphatic carbocycles. The summed E-state index contributed by atoms with van der Waals surface area (Å²) in [5.74, 6) is 0.266. The van der Waals surface area contributed by atoms with Crippen LogP contribution in [0.5, 0.6) is 0 Å². The Morgan fingerprint density at radius 2 is 2.00 bits per heavy atom. The van der Waals surface area contributed by atoms with E-state index in [1.165, 1.54) is 25.6 Å². The average molecular weight is 596 g/mol. The molecule has 5 nitrogen and oxygen atoms in total. The Bertz CT molecular complexity index is 1270. The van der Waals surface area contributed by atoms with Gasteiger partial charge in [-0.15, -0.1) is 35.0 Å². The maximum atomic E-state index is 12.9.